The van der Waals surface area contributed by atoms with Crippen molar-refractivity contribution < 1.29 is 0 Å². The number of anilines is 1. The van der Waals surface area contributed by atoms with Gasteiger partial charge >= 0.3 is 0 Å². The second-order valence-electron chi connectivity index (χ2n) is 7.82. The van der Waals surface area contributed by atoms with Crippen molar-refractivity contribution in [3.8, 4) is 0 Å². The summed E-state index contributed by atoms with van der Waals surface area (Å²) in [4.78, 5) is 11.1. The second-order valence-corrected chi connectivity index (χ2v) is 8.96. The van der Waals surface area contributed by atoms with Gasteiger partial charge in [0.1, 0.15) is 5.65 Å². The van der Waals surface area contributed by atoms with E-state index in [0.29, 0.717) is 6.04 Å². The van der Waals surface area contributed by atoms with Crippen LogP contribution in [0.4, 0.5) is 5.69 Å². The molecule has 154 valence electrons. The molecule has 0 aliphatic carbocycles. The van der Waals surface area contributed by atoms with Crippen molar-refractivity contribution >= 4 is 28.5 Å². The molecule has 4 heterocycles. The Morgan fingerprint density at radius 1 is 1.23 bits per heavy atom. The SMILES string of the molecule is C=C(NC(c1ccccc1)[C@@H]1CCCN1)C1=CN(c2ccnc3[nH]ccc23)CCS1. The van der Waals surface area contributed by atoms with Crippen LogP contribution in [0.25, 0.3) is 11.0 Å². The Hall–Kier alpha value is -2.70. The number of nitrogens with one attached hydrogen (secondary N) is 3. The molecule has 5 rings (SSSR count). The number of nitrogens with zero attached hydrogens (tertiary/aromatic N) is 2. The highest BCUT2D eigenvalue weighted by atomic mass is 32.2. The molecule has 0 bridgehead atoms. The van der Waals surface area contributed by atoms with Crippen molar-refractivity contribution in [3.63, 3.8) is 0 Å². The van der Waals surface area contributed by atoms with E-state index in [-0.39, 0.29) is 6.04 Å². The quantitative estimate of drug-likeness (QED) is 0.549. The van der Waals surface area contributed by atoms with E-state index in [2.05, 4.69) is 80.7 Å². The van der Waals surface area contributed by atoms with Crippen LogP contribution in [0.3, 0.4) is 0 Å². The van der Waals surface area contributed by atoms with Gasteiger partial charge in [-0.05, 0) is 37.1 Å². The van der Waals surface area contributed by atoms with Gasteiger partial charge in [-0.2, -0.15) is 0 Å². The van der Waals surface area contributed by atoms with E-state index in [4.69, 9.17) is 0 Å². The summed E-state index contributed by atoms with van der Waals surface area (Å²) in [6.07, 6.45) is 8.45. The molecule has 2 aliphatic heterocycles. The highest BCUT2D eigenvalue weighted by Crippen LogP contribution is 2.34. The molecule has 2 atom stereocenters. The van der Waals surface area contributed by atoms with E-state index in [0.717, 1.165) is 35.6 Å². The van der Waals surface area contributed by atoms with Crippen LogP contribution >= 0.6 is 11.8 Å². The third kappa shape index (κ3) is 3.85. The molecule has 3 N–H and O–H groups in total. The van der Waals surface area contributed by atoms with Crippen LogP contribution in [0.15, 0.2) is 78.2 Å². The average Bonchev–Trinajstić information content (AvgIpc) is 3.50. The lowest BCUT2D eigenvalue weighted by atomic mass is 9.97. The molecule has 6 heteroatoms. The Balaban J connectivity index is 1.39. The Morgan fingerprint density at radius 3 is 2.97 bits per heavy atom. The Labute approximate surface area is 181 Å². The zero-order valence-electron chi connectivity index (χ0n) is 17.0. The molecule has 2 aromatic heterocycles. The monoisotopic (exact) mass is 417 g/mol. The fourth-order valence-electron chi connectivity index (χ4n) is 4.38. The number of hydrogen-bond acceptors (Lipinski definition) is 5. The molecule has 1 unspecified atom stereocenters. The predicted octanol–water partition coefficient (Wildman–Crippen LogP) is 4.55. The molecule has 2 aliphatic rings. The zero-order chi connectivity index (χ0) is 20.3. The van der Waals surface area contributed by atoms with Gasteiger partial charge < -0.3 is 20.5 Å². The lowest BCUT2D eigenvalue weighted by Crippen LogP contribution is -2.38. The van der Waals surface area contributed by atoms with Crippen LogP contribution in [-0.2, 0) is 0 Å². The summed E-state index contributed by atoms with van der Waals surface area (Å²) in [6, 6.07) is 15.5. The minimum atomic E-state index is 0.218. The van der Waals surface area contributed by atoms with Crippen LogP contribution in [-0.4, -0.2) is 34.9 Å². The van der Waals surface area contributed by atoms with E-state index in [1.807, 2.05) is 24.2 Å². The van der Waals surface area contributed by atoms with E-state index >= 15 is 0 Å². The lowest BCUT2D eigenvalue weighted by Gasteiger charge is -2.31. The fraction of sp³-hybridized carbons (Fsp3) is 0.292. The van der Waals surface area contributed by atoms with Crippen molar-refractivity contribution in [2.24, 2.45) is 0 Å². The van der Waals surface area contributed by atoms with E-state index in [9.17, 15) is 0 Å². The van der Waals surface area contributed by atoms with Crippen LogP contribution in [0.2, 0.25) is 0 Å². The predicted molar refractivity (Wildman–Crippen MR) is 126 cm³/mol. The minimum Gasteiger partial charge on any atom is -0.376 e. The summed E-state index contributed by atoms with van der Waals surface area (Å²) in [5.41, 5.74) is 4.41. The molecule has 30 heavy (non-hydrogen) atoms. The number of benzene rings is 1. The smallest absolute Gasteiger partial charge is 0.139 e. The first-order chi connectivity index (χ1) is 14.8. The number of aromatic nitrogens is 2. The highest BCUT2D eigenvalue weighted by Gasteiger charge is 2.27. The lowest BCUT2D eigenvalue weighted by molar-refractivity contribution is 0.446. The summed E-state index contributed by atoms with van der Waals surface area (Å²) in [7, 11) is 0. The van der Waals surface area contributed by atoms with Gasteiger partial charge in [-0.25, -0.2) is 4.98 Å². The summed E-state index contributed by atoms with van der Waals surface area (Å²) in [5.74, 6) is 1.03. The average molecular weight is 418 g/mol. The minimum absolute atomic E-state index is 0.218. The molecule has 5 nitrogen and oxygen atoms in total. The topological polar surface area (TPSA) is 56.0 Å². The third-order valence-electron chi connectivity index (χ3n) is 5.90. The van der Waals surface area contributed by atoms with Gasteiger partial charge in [-0.15, -0.1) is 11.8 Å². The van der Waals surface area contributed by atoms with Crippen LogP contribution in [0.1, 0.15) is 24.4 Å². The third-order valence-corrected chi connectivity index (χ3v) is 6.95. The summed E-state index contributed by atoms with van der Waals surface area (Å²) in [5, 5.41) is 8.57. The Kier molecular flexibility index (Phi) is 5.51. The number of rotatable bonds is 6. The number of H-pyrrole nitrogens is 1. The Morgan fingerprint density at radius 2 is 2.13 bits per heavy atom. The maximum absolute atomic E-state index is 4.42. The molecule has 1 fully saturated rings. The zero-order valence-corrected chi connectivity index (χ0v) is 17.8. The normalized spacial score (nSPS) is 20.2. The maximum Gasteiger partial charge on any atom is 0.139 e. The van der Waals surface area contributed by atoms with Crippen molar-refractivity contribution in [2.75, 3.05) is 23.7 Å². The van der Waals surface area contributed by atoms with Gasteiger partial charge in [0.25, 0.3) is 0 Å². The summed E-state index contributed by atoms with van der Waals surface area (Å²) >= 11 is 1.87. The van der Waals surface area contributed by atoms with Crippen LogP contribution in [0, 0.1) is 0 Å². The van der Waals surface area contributed by atoms with Gasteiger partial charge in [-0.1, -0.05) is 36.9 Å². The fourth-order valence-corrected chi connectivity index (χ4v) is 5.32. The van der Waals surface area contributed by atoms with Gasteiger partial charge in [0, 0.05) is 52.9 Å². The summed E-state index contributed by atoms with van der Waals surface area (Å²) in [6.45, 7) is 6.48. The van der Waals surface area contributed by atoms with Gasteiger partial charge in [-0.3, -0.25) is 0 Å². The van der Waals surface area contributed by atoms with E-state index in [1.54, 1.807) is 0 Å². The van der Waals surface area contributed by atoms with Crippen molar-refractivity contribution in [1.82, 2.24) is 20.6 Å². The van der Waals surface area contributed by atoms with Crippen LogP contribution in [0.5, 0.6) is 0 Å². The molecular weight excluding hydrogens is 390 g/mol. The number of thioether (sulfide) groups is 1. The largest absolute Gasteiger partial charge is 0.376 e. The first kappa shape index (κ1) is 19.3. The molecule has 0 amide bonds. The number of pyridine rings is 1. The van der Waals surface area contributed by atoms with E-state index < -0.39 is 0 Å². The number of fused-ring (bicyclic) bond motifs is 1. The first-order valence-corrected chi connectivity index (χ1v) is 11.6. The van der Waals surface area contributed by atoms with Gasteiger partial charge in [0.05, 0.1) is 11.7 Å². The number of hydrogen-bond donors (Lipinski definition) is 3. The van der Waals surface area contributed by atoms with Crippen molar-refractivity contribution in [1.29, 1.82) is 0 Å². The molecule has 1 aromatic carbocycles. The van der Waals surface area contributed by atoms with Crippen LogP contribution < -0.4 is 15.5 Å². The molecule has 1 saturated heterocycles. The molecular formula is C24H27N5S. The Bertz CT molecular complexity index is 1050. The van der Waals surface area contributed by atoms with Gasteiger partial charge in [0.2, 0.25) is 0 Å². The van der Waals surface area contributed by atoms with Crippen molar-refractivity contribution in [3.05, 3.63) is 83.8 Å². The molecule has 3 aromatic rings. The highest BCUT2D eigenvalue weighted by molar-refractivity contribution is 8.03. The summed E-state index contributed by atoms with van der Waals surface area (Å²) < 4.78 is 0. The molecule has 0 radical (unpaired) electrons. The standard InChI is InChI=1S/C24H27N5S/c1-17(28-23(20-8-5-11-25-20)18-6-3-2-4-7-18)22-16-29(14-15-30-22)21-10-13-27-24-19(21)9-12-26-24/h2-4,6-7,9-10,12-13,16,20,23,25,28H,1,5,8,11,14-15H2,(H,26,27)/t20-,23?/m0/s1. The maximum atomic E-state index is 4.42. The second kappa shape index (κ2) is 8.58. The molecule has 0 spiro atoms. The van der Waals surface area contributed by atoms with Gasteiger partial charge in [0.15, 0.2) is 0 Å². The molecule has 0 saturated carbocycles. The van der Waals surface area contributed by atoms with E-state index in [1.165, 1.54) is 29.0 Å². The first-order valence-electron chi connectivity index (χ1n) is 10.6. The van der Waals surface area contributed by atoms with Crippen molar-refractivity contribution in [2.45, 2.75) is 24.9 Å². The number of aromatic amines is 1.